The van der Waals surface area contributed by atoms with Gasteiger partial charge >= 0.3 is 17.9 Å². The minimum Gasteiger partial charge on any atom is -0.444 e. The fourth-order valence-corrected chi connectivity index (χ4v) is 2.97. The molecule has 1 heterocycles. The number of carbonyl (C=O) groups is 4. The van der Waals surface area contributed by atoms with Gasteiger partial charge in [0.2, 0.25) is 0 Å². The molecule has 0 atom stereocenters. The highest BCUT2D eigenvalue weighted by Crippen LogP contribution is 2.23. The van der Waals surface area contributed by atoms with Crippen LogP contribution in [0, 0.1) is 0 Å². The second-order valence-corrected chi connectivity index (χ2v) is 8.70. The van der Waals surface area contributed by atoms with Crippen molar-refractivity contribution in [1.82, 2.24) is 10.3 Å². The third kappa shape index (κ3) is 7.94. The molecule has 4 N–H and O–H groups in total. The Balaban J connectivity index is 1.55. The smallest absolute Gasteiger partial charge is 0.412 e. The zero-order valence-corrected chi connectivity index (χ0v) is 20.1. The fourth-order valence-electron chi connectivity index (χ4n) is 2.97. The first kappa shape index (κ1) is 25.9. The largest absolute Gasteiger partial charge is 0.444 e. The molecule has 3 aromatic rings. The molecular formula is C26H27N5O5. The second-order valence-electron chi connectivity index (χ2n) is 8.70. The van der Waals surface area contributed by atoms with Crippen LogP contribution in [0.4, 0.5) is 21.9 Å². The maximum Gasteiger partial charge on any atom is 0.412 e. The van der Waals surface area contributed by atoms with Gasteiger partial charge in [-0.2, -0.15) is 0 Å². The van der Waals surface area contributed by atoms with Crippen molar-refractivity contribution < 1.29 is 23.9 Å². The standard InChI is InChI=1S/C26H27N5O5/c1-26(2,3)36-25(35)31-21-9-5-4-8-20(21)30-22(32)18-12-10-17(11-13-18)15-28-23(33)24(34)29-19-7-6-14-27-16-19/h4-14,16H,15H2,1-3H3,(H,28,33)(H,29,34)(H,30,32)(H,31,35). The van der Waals surface area contributed by atoms with Gasteiger partial charge in [0, 0.05) is 18.3 Å². The van der Waals surface area contributed by atoms with Gasteiger partial charge in [0.05, 0.1) is 23.3 Å². The Morgan fingerprint density at radius 1 is 0.806 bits per heavy atom. The van der Waals surface area contributed by atoms with Crippen LogP contribution in [0.1, 0.15) is 36.7 Å². The summed E-state index contributed by atoms with van der Waals surface area (Å²) in [6.45, 7) is 5.37. The Morgan fingerprint density at radius 2 is 1.47 bits per heavy atom. The van der Waals surface area contributed by atoms with Gasteiger partial charge in [-0.15, -0.1) is 0 Å². The molecular weight excluding hydrogens is 462 g/mol. The number of nitrogens with one attached hydrogen (secondary N) is 4. The number of rotatable bonds is 6. The predicted octanol–water partition coefficient (Wildman–Crippen LogP) is 3.94. The van der Waals surface area contributed by atoms with Gasteiger partial charge in [0.1, 0.15) is 5.60 Å². The number of carbonyl (C=O) groups excluding carboxylic acids is 4. The van der Waals surface area contributed by atoms with Gasteiger partial charge in [-0.25, -0.2) is 4.79 Å². The molecule has 0 unspecified atom stereocenters. The van der Waals surface area contributed by atoms with Gasteiger partial charge in [-0.3, -0.25) is 24.7 Å². The van der Waals surface area contributed by atoms with Crippen LogP contribution >= 0.6 is 0 Å². The van der Waals surface area contributed by atoms with Crippen molar-refractivity contribution in [3.05, 3.63) is 84.2 Å². The fraction of sp³-hybridized carbons (Fsp3) is 0.192. The first-order valence-electron chi connectivity index (χ1n) is 11.1. The number of hydrogen-bond acceptors (Lipinski definition) is 6. The number of ether oxygens (including phenoxy) is 1. The minimum absolute atomic E-state index is 0.101. The number of benzene rings is 2. The van der Waals surface area contributed by atoms with E-state index in [1.165, 1.54) is 6.20 Å². The van der Waals surface area contributed by atoms with Gasteiger partial charge in [-0.1, -0.05) is 24.3 Å². The van der Waals surface area contributed by atoms with E-state index in [2.05, 4.69) is 26.3 Å². The highest BCUT2D eigenvalue weighted by Gasteiger charge is 2.18. The third-order valence-corrected chi connectivity index (χ3v) is 4.61. The number of aromatic nitrogens is 1. The van der Waals surface area contributed by atoms with E-state index in [0.29, 0.717) is 28.2 Å². The Morgan fingerprint density at radius 3 is 2.08 bits per heavy atom. The molecule has 0 saturated carbocycles. The molecule has 0 spiro atoms. The summed E-state index contributed by atoms with van der Waals surface area (Å²) in [6.07, 6.45) is 2.35. The number of anilines is 3. The van der Waals surface area contributed by atoms with Crippen LogP contribution in [0.15, 0.2) is 73.1 Å². The van der Waals surface area contributed by atoms with E-state index in [0.717, 1.165) is 0 Å². The SMILES string of the molecule is CC(C)(C)OC(=O)Nc1ccccc1NC(=O)c1ccc(CNC(=O)C(=O)Nc2cccnc2)cc1. The predicted molar refractivity (Wildman–Crippen MR) is 135 cm³/mol. The van der Waals surface area contributed by atoms with E-state index in [1.807, 2.05) is 0 Å². The summed E-state index contributed by atoms with van der Waals surface area (Å²) in [5.41, 5.74) is 1.61. The lowest BCUT2D eigenvalue weighted by atomic mass is 10.1. The summed E-state index contributed by atoms with van der Waals surface area (Å²) in [7, 11) is 0. The number of pyridine rings is 1. The topological polar surface area (TPSA) is 139 Å². The van der Waals surface area contributed by atoms with E-state index >= 15 is 0 Å². The van der Waals surface area contributed by atoms with Crippen LogP contribution in [-0.4, -0.2) is 34.4 Å². The minimum atomic E-state index is -0.808. The summed E-state index contributed by atoms with van der Waals surface area (Å²) in [5.74, 6) is -1.99. The van der Waals surface area contributed by atoms with Crippen molar-refractivity contribution in [2.24, 2.45) is 0 Å². The molecule has 0 saturated heterocycles. The number of para-hydroxylation sites is 2. The third-order valence-electron chi connectivity index (χ3n) is 4.61. The van der Waals surface area contributed by atoms with Crippen molar-refractivity contribution >= 4 is 40.9 Å². The van der Waals surface area contributed by atoms with Crippen molar-refractivity contribution in [2.45, 2.75) is 32.9 Å². The monoisotopic (exact) mass is 489 g/mol. The Labute approximate surface area is 208 Å². The molecule has 4 amide bonds. The maximum absolute atomic E-state index is 12.7. The molecule has 36 heavy (non-hydrogen) atoms. The summed E-state index contributed by atoms with van der Waals surface area (Å²) in [6, 6.07) is 16.5. The maximum atomic E-state index is 12.7. The lowest BCUT2D eigenvalue weighted by Crippen LogP contribution is -2.34. The second kappa shape index (κ2) is 11.6. The molecule has 0 fully saturated rings. The Hall–Kier alpha value is -4.73. The van der Waals surface area contributed by atoms with Gasteiger partial charge in [0.25, 0.3) is 5.91 Å². The molecule has 0 radical (unpaired) electrons. The molecule has 2 aromatic carbocycles. The average Bonchev–Trinajstić information content (AvgIpc) is 2.83. The highest BCUT2D eigenvalue weighted by atomic mass is 16.6. The van der Waals surface area contributed by atoms with E-state index < -0.39 is 23.5 Å². The average molecular weight is 490 g/mol. The van der Waals surface area contributed by atoms with Crippen LogP contribution in [0.2, 0.25) is 0 Å². The lowest BCUT2D eigenvalue weighted by molar-refractivity contribution is -0.136. The quantitative estimate of drug-likeness (QED) is 0.387. The lowest BCUT2D eigenvalue weighted by Gasteiger charge is -2.20. The van der Waals surface area contributed by atoms with Gasteiger partial charge < -0.3 is 20.7 Å². The summed E-state index contributed by atoms with van der Waals surface area (Å²) in [4.78, 5) is 52.7. The van der Waals surface area contributed by atoms with E-state index in [9.17, 15) is 19.2 Å². The van der Waals surface area contributed by atoms with E-state index in [1.54, 1.807) is 87.6 Å². The number of hydrogen-bond donors (Lipinski definition) is 4. The number of amides is 4. The Kier molecular flexibility index (Phi) is 8.35. The molecule has 186 valence electrons. The molecule has 0 aliphatic heterocycles. The van der Waals surface area contributed by atoms with E-state index in [4.69, 9.17) is 4.74 Å². The molecule has 0 aliphatic carbocycles. The van der Waals surface area contributed by atoms with Crippen LogP contribution in [-0.2, 0) is 20.9 Å². The zero-order valence-electron chi connectivity index (χ0n) is 20.1. The van der Waals surface area contributed by atoms with Crippen LogP contribution in [0.25, 0.3) is 0 Å². The van der Waals surface area contributed by atoms with Crippen molar-refractivity contribution in [3.8, 4) is 0 Å². The molecule has 10 heteroatoms. The van der Waals surface area contributed by atoms with Crippen LogP contribution in [0.3, 0.4) is 0 Å². The summed E-state index contributed by atoms with van der Waals surface area (Å²) >= 11 is 0. The molecule has 10 nitrogen and oxygen atoms in total. The molecule has 0 aliphatic rings. The Bertz CT molecular complexity index is 1240. The highest BCUT2D eigenvalue weighted by molar-refractivity contribution is 6.39. The number of nitrogens with zero attached hydrogens (tertiary/aromatic N) is 1. The van der Waals surface area contributed by atoms with Crippen molar-refractivity contribution in [3.63, 3.8) is 0 Å². The molecule has 3 rings (SSSR count). The molecule has 0 bridgehead atoms. The summed E-state index contributed by atoms with van der Waals surface area (Å²) in [5, 5.41) is 10.4. The first-order chi connectivity index (χ1) is 17.1. The van der Waals surface area contributed by atoms with Crippen LogP contribution in [0.5, 0.6) is 0 Å². The van der Waals surface area contributed by atoms with E-state index in [-0.39, 0.29) is 12.5 Å². The van der Waals surface area contributed by atoms with Crippen molar-refractivity contribution in [2.75, 3.05) is 16.0 Å². The normalized spacial score (nSPS) is 10.6. The van der Waals surface area contributed by atoms with Gasteiger partial charge in [-0.05, 0) is 62.7 Å². The van der Waals surface area contributed by atoms with Crippen molar-refractivity contribution in [1.29, 1.82) is 0 Å². The molecule has 1 aromatic heterocycles. The van der Waals surface area contributed by atoms with Gasteiger partial charge in [0.15, 0.2) is 0 Å². The first-order valence-corrected chi connectivity index (χ1v) is 11.1. The zero-order chi connectivity index (χ0) is 26.1. The van der Waals surface area contributed by atoms with Crippen LogP contribution < -0.4 is 21.3 Å². The summed E-state index contributed by atoms with van der Waals surface area (Å²) < 4.78 is 5.26.